The minimum atomic E-state index is 0.0307. The molecule has 3 nitrogen and oxygen atoms in total. The maximum absolute atomic E-state index is 5.89. The Morgan fingerprint density at radius 1 is 1.16 bits per heavy atom. The highest BCUT2D eigenvalue weighted by Crippen LogP contribution is 2.30. The molecule has 0 spiro atoms. The molecule has 2 rings (SSSR count). The average Bonchev–Trinajstić information content (AvgIpc) is 2.27. The summed E-state index contributed by atoms with van der Waals surface area (Å²) >= 11 is 0. The summed E-state index contributed by atoms with van der Waals surface area (Å²) < 4.78 is 0. The number of nitrogens with zero attached hydrogens (tertiary/aromatic N) is 1. The monoisotopic (exact) mass is 257 g/mol. The van der Waals surface area contributed by atoms with Crippen LogP contribution in [-0.4, -0.2) is 11.0 Å². The lowest BCUT2D eigenvalue weighted by atomic mass is 9.90. The van der Waals surface area contributed by atoms with Gasteiger partial charge in [0.25, 0.3) is 0 Å². The van der Waals surface area contributed by atoms with Gasteiger partial charge in [0, 0.05) is 33.9 Å². The SMILES string of the molecule is CC(C)Nc1cc(C(C)(C)C)nc2ccc(N)cc12. The molecule has 0 amide bonds. The minimum Gasteiger partial charge on any atom is -0.399 e. The molecule has 0 saturated carbocycles. The van der Waals surface area contributed by atoms with E-state index in [-0.39, 0.29) is 5.41 Å². The zero-order valence-electron chi connectivity index (χ0n) is 12.4. The number of pyridine rings is 1. The van der Waals surface area contributed by atoms with Gasteiger partial charge < -0.3 is 11.1 Å². The molecule has 3 N–H and O–H groups in total. The number of hydrogen-bond acceptors (Lipinski definition) is 3. The van der Waals surface area contributed by atoms with Crippen LogP contribution in [0.3, 0.4) is 0 Å². The largest absolute Gasteiger partial charge is 0.399 e. The molecular formula is C16H23N3. The van der Waals surface area contributed by atoms with Gasteiger partial charge in [-0.05, 0) is 38.1 Å². The maximum Gasteiger partial charge on any atom is 0.0727 e. The summed E-state index contributed by atoms with van der Waals surface area (Å²) in [7, 11) is 0. The fraction of sp³-hybridized carbons (Fsp3) is 0.438. The zero-order chi connectivity index (χ0) is 14.2. The summed E-state index contributed by atoms with van der Waals surface area (Å²) in [5, 5.41) is 4.58. The van der Waals surface area contributed by atoms with Crippen LogP contribution in [0, 0.1) is 0 Å². The molecule has 0 saturated heterocycles. The Morgan fingerprint density at radius 2 is 1.84 bits per heavy atom. The quantitative estimate of drug-likeness (QED) is 0.801. The molecule has 0 unspecified atom stereocenters. The molecule has 0 aliphatic heterocycles. The number of nitrogen functional groups attached to an aromatic ring is 1. The standard InChI is InChI=1S/C16H23N3/c1-10(2)18-14-9-15(16(3,4)5)19-13-7-6-11(17)8-12(13)14/h6-10H,17H2,1-5H3,(H,18,19). The van der Waals surface area contributed by atoms with Gasteiger partial charge in [-0.3, -0.25) is 4.98 Å². The number of aromatic nitrogens is 1. The van der Waals surface area contributed by atoms with Crippen LogP contribution in [-0.2, 0) is 5.41 Å². The van der Waals surface area contributed by atoms with Gasteiger partial charge >= 0.3 is 0 Å². The van der Waals surface area contributed by atoms with Crippen LogP contribution in [0.2, 0.25) is 0 Å². The lowest BCUT2D eigenvalue weighted by Crippen LogP contribution is -2.16. The Kier molecular flexibility index (Phi) is 3.40. The lowest BCUT2D eigenvalue weighted by molar-refractivity contribution is 0.571. The normalized spacial score (nSPS) is 12.1. The Balaban J connectivity index is 2.69. The van der Waals surface area contributed by atoms with E-state index in [0.717, 1.165) is 28.0 Å². The van der Waals surface area contributed by atoms with Gasteiger partial charge in [-0.15, -0.1) is 0 Å². The van der Waals surface area contributed by atoms with Crippen molar-refractivity contribution in [3.63, 3.8) is 0 Å². The highest BCUT2D eigenvalue weighted by atomic mass is 14.9. The first kappa shape index (κ1) is 13.7. The molecule has 2 aromatic rings. The van der Waals surface area contributed by atoms with Crippen LogP contribution in [0.5, 0.6) is 0 Å². The van der Waals surface area contributed by atoms with Crippen molar-refractivity contribution in [1.82, 2.24) is 4.98 Å². The smallest absolute Gasteiger partial charge is 0.0727 e. The third-order valence-electron chi connectivity index (χ3n) is 3.05. The number of rotatable bonds is 2. The van der Waals surface area contributed by atoms with Crippen LogP contribution in [0.25, 0.3) is 10.9 Å². The number of nitrogens with two attached hydrogens (primary N) is 1. The van der Waals surface area contributed by atoms with E-state index in [1.54, 1.807) is 0 Å². The number of hydrogen-bond donors (Lipinski definition) is 2. The van der Waals surface area contributed by atoms with E-state index in [9.17, 15) is 0 Å². The van der Waals surface area contributed by atoms with Gasteiger partial charge in [-0.1, -0.05) is 20.8 Å². The van der Waals surface area contributed by atoms with E-state index in [0.29, 0.717) is 6.04 Å². The van der Waals surface area contributed by atoms with E-state index in [1.165, 1.54) is 0 Å². The van der Waals surface area contributed by atoms with Gasteiger partial charge in [-0.2, -0.15) is 0 Å². The topological polar surface area (TPSA) is 50.9 Å². The zero-order valence-corrected chi connectivity index (χ0v) is 12.4. The van der Waals surface area contributed by atoms with Crippen molar-refractivity contribution in [2.24, 2.45) is 0 Å². The summed E-state index contributed by atoms with van der Waals surface area (Å²) in [6.07, 6.45) is 0. The number of benzene rings is 1. The second-order valence-corrected chi connectivity index (χ2v) is 6.38. The minimum absolute atomic E-state index is 0.0307. The van der Waals surface area contributed by atoms with Crippen molar-refractivity contribution in [2.45, 2.75) is 46.1 Å². The van der Waals surface area contributed by atoms with Gasteiger partial charge in [0.15, 0.2) is 0 Å². The van der Waals surface area contributed by atoms with E-state index >= 15 is 0 Å². The second kappa shape index (κ2) is 4.72. The molecule has 1 heterocycles. The molecule has 0 fully saturated rings. The van der Waals surface area contributed by atoms with Crippen LogP contribution in [0.4, 0.5) is 11.4 Å². The van der Waals surface area contributed by atoms with Crippen molar-refractivity contribution < 1.29 is 0 Å². The number of anilines is 2. The molecule has 102 valence electrons. The predicted octanol–water partition coefficient (Wildman–Crippen LogP) is 3.93. The number of nitrogens with one attached hydrogen (secondary N) is 1. The van der Waals surface area contributed by atoms with Gasteiger partial charge in [0.2, 0.25) is 0 Å². The average molecular weight is 257 g/mol. The molecule has 3 heteroatoms. The van der Waals surface area contributed by atoms with Crippen molar-refractivity contribution in [1.29, 1.82) is 0 Å². The first-order valence-corrected chi connectivity index (χ1v) is 6.74. The van der Waals surface area contributed by atoms with Crippen LogP contribution in [0.1, 0.15) is 40.3 Å². The van der Waals surface area contributed by atoms with Gasteiger partial charge in [0.1, 0.15) is 0 Å². The first-order chi connectivity index (χ1) is 8.77. The van der Waals surface area contributed by atoms with E-state index < -0.39 is 0 Å². The van der Waals surface area contributed by atoms with Crippen molar-refractivity contribution in [3.05, 3.63) is 30.0 Å². The molecule has 0 atom stereocenters. The number of fused-ring (bicyclic) bond motifs is 1. The van der Waals surface area contributed by atoms with Crippen LogP contribution >= 0.6 is 0 Å². The van der Waals surface area contributed by atoms with Crippen molar-refractivity contribution >= 4 is 22.3 Å². The Morgan fingerprint density at radius 3 is 2.42 bits per heavy atom. The molecule has 0 aliphatic rings. The maximum atomic E-state index is 5.89. The molecule has 0 bridgehead atoms. The van der Waals surface area contributed by atoms with E-state index in [1.807, 2.05) is 18.2 Å². The van der Waals surface area contributed by atoms with Crippen LogP contribution in [0.15, 0.2) is 24.3 Å². The lowest BCUT2D eigenvalue weighted by Gasteiger charge is -2.21. The third-order valence-corrected chi connectivity index (χ3v) is 3.05. The molecule has 19 heavy (non-hydrogen) atoms. The van der Waals surface area contributed by atoms with Gasteiger partial charge in [0.05, 0.1) is 5.52 Å². The predicted molar refractivity (Wildman–Crippen MR) is 83.6 cm³/mol. The molecule has 1 aromatic heterocycles. The fourth-order valence-electron chi connectivity index (χ4n) is 2.06. The van der Waals surface area contributed by atoms with Crippen molar-refractivity contribution in [3.8, 4) is 0 Å². The summed E-state index contributed by atoms with van der Waals surface area (Å²) in [6, 6.07) is 8.40. The molecule has 0 aliphatic carbocycles. The summed E-state index contributed by atoms with van der Waals surface area (Å²) in [6.45, 7) is 10.8. The third kappa shape index (κ3) is 2.98. The molecular weight excluding hydrogens is 234 g/mol. The fourth-order valence-corrected chi connectivity index (χ4v) is 2.06. The summed E-state index contributed by atoms with van der Waals surface area (Å²) in [5.74, 6) is 0. The Bertz CT molecular complexity index is 595. The first-order valence-electron chi connectivity index (χ1n) is 6.74. The summed E-state index contributed by atoms with van der Waals surface area (Å²) in [4.78, 5) is 4.76. The molecule has 0 radical (unpaired) electrons. The highest BCUT2D eigenvalue weighted by molar-refractivity contribution is 5.93. The van der Waals surface area contributed by atoms with Crippen molar-refractivity contribution in [2.75, 3.05) is 11.1 Å². The van der Waals surface area contributed by atoms with Gasteiger partial charge in [-0.25, -0.2) is 0 Å². The summed E-state index contributed by atoms with van der Waals surface area (Å²) in [5.41, 5.74) is 9.88. The second-order valence-electron chi connectivity index (χ2n) is 6.38. The van der Waals surface area contributed by atoms with E-state index in [4.69, 9.17) is 10.7 Å². The van der Waals surface area contributed by atoms with Crippen LogP contribution < -0.4 is 11.1 Å². The Labute approximate surface area is 115 Å². The Hall–Kier alpha value is -1.77. The highest BCUT2D eigenvalue weighted by Gasteiger charge is 2.18. The molecule has 1 aromatic carbocycles. The van der Waals surface area contributed by atoms with E-state index in [2.05, 4.69) is 46.0 Å².